The molecule has 1 aromatic carbocycles. The summed E-state index contributed by atoms with van der Waals surface area (Å²) in [7, 11) is 0. The maximum absolute atomic E-state index is 5.29. The van der Waals surface area contributed by atoms with Crippen LogP contribution in [0.1, 0.15) is 6.42 Å². The van der Waals surface area contributed by atoms with Crippen LogP contribution in [0.2, 0.25) is 0 Å². The highest BCUT2D eigenvalue weighted by atomic mass is 32.2. The van der Waals surface area contributed by atoms with Gasteiger partial charge in [0, 0.05) is 18.1 Å². The van der Waals surface area contributed by atoms with E-state index in [9.17, 15) is 0 Å². The van der Waals surface area contributed by atoms with E-state index < -0.39 is 0 Å². The van der Waals surface area contributed by atoms with Gasteiger partial charge in [-0.2, -0.15) is 11.8 Å². The number of pyridine rings is 1. The summed E-state index contributed by atoms with van der Waals surface area (Å²) in [4.78, 5) is 4.39. The third kappa shape index (κ3) is 4.08. The van der Waals surface area contributed by atoms with Crippen LogP contribution in [0.4, 0.5) is 5.69 Å². The lowest BCUT2D eigenvalue weighted by Gasteiger charge is -2.11. The molecule has 2 rings (SSSR count). The molecule has 100 valence electrons. The van der Waals surface area contributed by atoms with Crippen molar-refractivity contribution in [2.24, 2.45) is 0 Å². The van der Waals surface area contributed by atoms with Gasteiger partial charge in [0.25, 0.3) is 0 Å². The molecular weight excluding hydrogens is 274 g/mol. The Balaban J connectivity index is 1.99. The average molecular weight is 291 g/mol. The number of benzene rings is 1. The third-order valence-corrected chi connectivity index (χ3v) is 3.64. The first-order valence-electron chi connectivity index (χ1n) is 6.19. The van der Waals surface area contributed by atoms with E-state index >= 15 is 0 Å². The quantitative estimate of drug-likeness (QED) is 0.653. The Hall–Kier alpha value is -1.33. The summed E-state index contributed by atoms with van der Waals surface area (Å²) in [5.74, 6) is 1.14. The zero-order valence-corrected chi connectivity index (χ0v) is 12.5. The molecule has 0 unspecified atom stereocenters. The summed E-state index contributed by atoms with van der Waals surface area (Å²) < 4.78 is 0. The van der Waals surface area contributed by atoms with Gasteiger partial charge in [0.2, 0.25) is 0 Å². The van der Waals surface area contributed by atoms with Crippen molar-refractivity contribution in [3.05, 3.63) is 36.5 Å². The van der Waals surface area contributed by atoms with Crippen LogP contribution in [0.5, 0.6) is 0 Å². The molecule has 0 aliphatic rings. The number of nitrogens with one attached hydrogen (secondary N) is 2. The van der Waals surface area contributed by atoms with Crippen LogP contribution in [0.25, 0.3) is 10.9 Å². The standard InChI is InChI=1S/C14H17N3S2/c1-19-10-4-9-16-14(18)17-12-7-2-5-11-6-3-8-15-13(11)12/h2-3,5-8H,4,9-10H2,1H3,(H2,16,17,18). The Kier molecular flexibility index (Phi) is 5.42. The fraction of sp³-hybridized carbons (Fsp3) is 0.286. The van der Waals surface area contributed by atoms with E-state index in [2.05, 4.69) is 21.9 Å². The zero-order chi connectivity index (χ0) is 13.5. The van der Waals surface area contributed by atoms with Gasteiger partial charge in [-0.3, -0.25) is 4.98 Å². The molecule has 0 spiro atoms. The number of hydrogen-bond donors (Lipinski definition) is 2. The Morgan fingerprint density at radius 3 is 3.00 bits per heavy atom. The van der Waals surface area contributed by atoms with Crippen LogP contribution in [-0.2, 0) is 0 Å². The van der Waals surface area contributed by atoms with Gasteiger partial charge >= 0.3 is 0 Å². The molecule has 2 aromatic rings. The van der Waals surface area contributed by atoms with E-state index in [0.717, 1.165) is 35.3 Å². The molecule has 0 aliphatic heterocycles. The molecule has 0 saturated heterocycles. The Bertz CT molecular complexity index is 552. The summed E-state index contributed by atoms with van der Waals surface area (Å²) in [6.45, 7) is 0.894. The number of aromatic nitrogens is 1. The Labute approximate surface area is 123 Å². The van der Waals surface area contributed by atoms with Crippen LogP contribution in [0.3, 0.4) is 0 Å². The SMILES string of the molecule is CSCCCNC(=S)Nc1cccc2cccnc12. The lowest BCUT2D eigenvalue weighted by Crippen LogP contribution is -2.29. The van der Waals surface area contributed by atoms with Crippen molar-refractivity contribution < 1.29 is 0 Å². The van der Waals surface area contributed by atoms with Gasteiger partial charge in [-0.15, -0.1) is 0 Å². The lowest BCUT2D eigenvalue weighted by molar-refractivity contribution is 0.855. The molecule has 0 bridgehead atoms. The summed E-state index contributed by atoms with van der Waals surface area (Å²) in [5.41, 5.74) is 1.89. The van der Waals surface area contributed by atoms with E-state index in [1.165, 1.54) is 0 Å². The summed E-state index contributed by atoms with van der Waals surface area (Å²) in [5, 5.41) is 8.18. The van der Waals surface area contributed by atoms with Crippen LogP contribution >= 0.6 is 24.0 Å². The molecule has 2 N–H and O–H groups in total. The van der Waals surface area contributed by atoms with Crippen LogP contribution < -0.4 is 10.6 Å². The Morgan fingerprint density at radius 2 is 2.16 bits per heavy atom. The first kappa shape index (κ1) is 14.1. The van der Waals surface area contributed by atoms with Gasteiger partial charge in [-0.1, -0.05) is 18.2 Å². The highest BCUT2D eigenvalue weighted by Crippen LogP contribution is 2.20. The van der Waals surface area contributed by atoms with Gasteiger partial charge < -0.3 is 10.6 Å². The van der Waals surface area contributed by atoms with Crippen molar-refractivity contribution in [3.8, 4) is 0 Å². The maximum atomic E-state index is 5.29. The smallest absolute Gasteiger partial charge is 0.170 e. The van der Waals surface area contributed by atoms with Gasteiger partial charge in [0.1, 0.15) is 0 Å². The van der Waals surface area contributed by atoms with Crippen molar-refractivity contribution >= 4 is 45.7 Å². The molecule has 0 saturated carbocycles. The van der Waals surface area contributed by atoms with Crippen molar-refractivity contribution in [1.82, 2.24) is 10.3 Å². The number of para-hydroxylation sites is 1. The van der Waals surface area contributed by atoms with E-state index in [1.54, 1.807) is 6.20 Å². The van der Waals surface area contributed by atoms with E-state index in [1.807, 2.05) is 42.1 Å². The molecule has 0 amide bonds. The molecule has 3 nitrogen and oxygen atoms in total. The van der Waals surface area contributed by atoms with E-state index in [-0.39, 0.29) is 0 Å². The predicted molar refractivity (Wildman–Crippen MR) is 89.0 cm³/mol. The molecule has 0 atom stereocenters. The van der Waals surface area contributed by atoms with E-state index in [4.69, 9.17) is 12.2 Å². The number of thiocarbonyl (C=S) groups is 1. The number of thioether (sulfide) groups is 1. The topological polar surface area (TPSA) is 37.0 Å². The molecule has 5 heteroatoms. The van der Waals surface area contributed by atoms with E-state index in [0.29, 0.717) is 5.11 Å². The molecule has 0 fully saturated rings. The third-order valence-electron chi connectivity index (χ3n) is 2.69. The molecule has 0 aliphatic carbocycles. The molecule has 19 heavy (non-hydrogen) atoms. The normalized spacial score (nSPS) is 10.4. The van der Waals surface area contributed by atoms with Crippen LogP contribution in [-0.4, -0.2) is 28.6 Å². The van der Waals surface area contributed by atoms with Crippen molar-refractivity contribution in [1.29, 1.82) is 0 Å². The van der Waals surface area contributed by atoms with Crippen LogP contribution in [0.15, 0.2) is 36.5 Å². The maximum Gasteiger partial charge on any atom is 0.170 e. The molecular formula is C14H17N3S2. The number of anilines is 1. The summed E-state index contributed by atoms with van der Waals surface area (Å²) in [6.07, 6.45) is 5.01. The highest BCUT2D eigenvalue weighted by molar-refractivity contribution is 7.98. The number of nitrogens with zero attached hydrogens (tertiary/aromatic N) is 1. The fourth-order valence-corrected chi connectivity index (χ4v) is 2.44. The minimum Gasteiger partial charge on any atom is -0.362 e. The summed E-state index contributed by atoms with van der Waals surface area (Å²) in [6, 6.07) is 10.0. The average Bonchev–Trinajstić information content (AvgIpc) is 2.44. The second-order valence-corrected chi connectivity index (χ2v) is 5.50. The minimum atomic E-state index is 0.652. The summed E-state index contributed by atoms with van der Waals surface area (Å²) >= 11 is 7.14. The van der Waals surface area contributed by atoms with Gasteiger partial charge in [-0.25, -0.2) is 0 Å². The van der Waals surface area contributed by atoms with Crippen molar-refractivity contribution in [2.75, 3.05) is 23.9 Å². The first-order chi connectivity index (χ1) is 9.31. The molecule has 1 heterocycles. The lowest BCUT2D eigenvalue weighted by atomic mass is 10.2. The number of fused-ring (bicyclic) bond motifs is 1. The fourth-order valence-electron chi connectivity index (χ4n) is 1.79. The molecule has 1 aromatic heterocycles. The number of rotatable bonds is 5. The Morgan fingerprint density at radius 1 is 1.32 bits per heavy atom. The minimum absolute atomic E-state index is 0.652. The van der Waals surface area contributed by atoms with Gasteiger partial charge in [-0.05, 0) is 42.8 Å². The number of hydrogen-bond acceptors (Lipinski definition) is 3. The van der Waals surface area contributed by atoms with Crippen LogP contribution in [0, 0.1) is 0 Å². The van der Waals surface area contributed by atoms with Gasteiger partial charge in [0.05, 0.1) is 11.2 Å². The second-order valence-electron chi connectivity index (χ2n) is 4.11. The second kappa shape index (κ2) is 7.31. The largest absolute Gasteiger partial charge is 0.362 e. The van der Waals surface area contributed by atoms with Crippen molar-refractivity contribution in [2.45, 2.75) is 6.42 Å². The zero-order valence-electron chi connectivity index (χ0n) is 10.8. The highest BCUT2D eigenvalue weighted by Gasteiger charge is 2.03. The first-order valence-corrected chi connectivity index (χ1v) is 7.99. The van der Waals surface area contributed by atoms with Gasteiger partial charge in [0.15, 0.2) is 5.11 Å². The van der Waals surface area contributed by atoms with Crippen molar-refractivity contribution in [3.63, 3.8) is 0 Å². The predicted octanol–water partition coefficient (Wildman–Crippen LogP) is 3.27. The monoisotopic (exact) mass is 291 g/mol. The molecule has 0 radical (unpaired) electrons.